The van der Waals surface area contributed by atoms with Gasteiger partial charge in [-0.2, -0.15) is 35.1 Å². The summed E-state index contributed by atoms with van der Waals surface area (Å²) in [6, 6.07) is 56.3. The van der Waals surface area contributed by atoms with Crippen molar-refractivity contribution in [2.45, 2.75) is 221 Å². The van der Waals surface area contributed by atoms with E-state index in [2.05, 4.69) is 146 Å². The van der Waals surface area contributed by atoms with Gasteiger partial charge in [-0.15, -0.1) is 0 Å². The Morgan fingerprint density at radius 2 is 0.629 bits per heavy atom. The smallest absolute Gasteiger partial charge is 0.429 e. The molecule has 0 N–H and O–H groups in total. The fourth-order valence-electron chi connectivity index (χ4n) is 26.4. The molecule has 19 fully saturated rings. The van der Waals surface area contributed by atoms with Crippen LogP contribution in [-0.4, -0.2) is 192 Å². The standard InChI is InChI=1S/3C14H15S.C13H16F2O6S.2C13H18F2O5S.C12H15OS.C10H10F2O7S/c3*1-2-8-13-12(6-1)7-5-9-14(13)15-10-3-4-11-15;14-13(15,22(18,19)20)11(17)21-6-12-3-7-1-8(4-12)10(16)9(2-7)5-12;2*14-13(15,21(17,18)19)11(16)20-7-12-4-8-1-9(5-12)3-10(2-8)6-12;13-12(10-14-8-4-5-9-14)11-6-2-1-3-7-11;11-10(12,20(15,16)17)8(14)19-9-3-4-1-5(6(9)2-4)7(13)18-9/h3*1-2,5-9H,3-4,10-11H2;7-9H,1-6H2,(H,18,19,20);2*8-10H,1-7H2,(H,17,18,19);1-3,6-7H,4-5,8-10H2;4-6H,1-3H2,(H,15,16,17)/q3*+1;;;;+1;/p-4. The number of ketones is 2. The van der Waals surface area contributed by atoms with Crippen molar-refractivity contribution in [3.05, 3.63) is 163 Å². The third-order valence-corrected chi connectivity index (χ3v) is 44.9. The number of halogens is 8. The molecule has 5 aliphatic heterocycles. The van der Waals surface area contributed by atoms with Gasteiger partial charge in [-0.05, 0) is 284 Å². The zero-order chi connectivity index (χ0) is 102. The minimum atomic E-state index is -6.19. The summed E-state index contributed by atoms with van der Waals surface area (Å²) in [5.41, 5.74) is -0.254. The quantitative estimate of drug-likeness (QED) is 0.0161. The van der Waals surface area contributed by atoms with Gasteiger partial charge in [0.1, 0.15) is 51.8 Å². The second-order valence-corrected chi connectivity index (χ2v) is 56.7. The summed E-state index contributed by atoms with van der Waals surface area (Å²) in [6.07, 6.45) is 27.4. The zero-order valence-electron chi connectivity index (χ0n) is 78.8. The number of alkyl halides is 8. The van der Waals surface area contributed by atoms with Gasteiger partial charge >= 0.3 is 50.9 Å². The lowest BCUT2D eigenvalue weighted by Gasteiger charge is -2.56. The summed E-state index contributed by atoms with van der Waals surface area (Å²) in [4.78, 5) is 85.2. The Balaban J connectivity index is 0.000000118. The molecule has 0 radical (unpaired) electrons. The van der Waals surface area contributed by atoms with Gasteiger partial charge in [-0.3, -0.25) is 14.4 Å². The van der Waals surface area contributed by atoms with E-state index in [1.807, 2.05) is 30.3 Å². The third kappa shape index (κ3) is 24.3. The number of hydrogen-bond acceptors (Lipinski definition) is 24. The lowest BCUT2D eigenvalue weighted by molar-refractivity contribution is -0.233. The van der Waals surface area contributed by atoms with Crippen molar-refractivity contribution in [3.8, 4) is 0 Å². The number of benzene rings is 7. The molecule has 143 heavy (non-hydrogen) atoms. The van der Waals surface area contributed by atoms with Gasteiger partial charge in [0.25, 0.3) is 5.79 Å². The maximum absolute atomic E-state index is 13.1. The molecule has 5 saturated heterocycles. The normalized spacial score (nSPS) is 29.7. The number of hydrogen-bond donors (Lipinski definition) is 0. The molecule has 7 aromatic carbocycles. The Kier molecular flexibility index (Phi) is 33.0. The summed E-state index contributed by atoms with van der Waals surface area (Å²) >= 11 is 0. The number of rotatable bonds is 21. The van der Waals surface area contributed by atoms with E-state index in [4.69, 9.17) is 4.74 Å². The molecule has 24 nitrogen and oxygen atoms in total. The molecular weight excluding hydrogens is 2030 g/mol. The van der Waals surface area contributed by atoms with E-state index in [0.717, 1.165) is 101 Å². The van der Waals surface area contributed by atoms with Gasteiger partial charge in [-0.25, -0.2) is 52.8 Å². The molecule has 778 valence electrons. The highest BCUT2D eigenvalue weighted by Crippen LogP contribution is 2.64. The molecule has 26 rings (SSSR count). The van der Waals surface area contributed by atoms with Gasteiger partial charge in [0, 0.05) is 88.9 Å². The van der Waals surface area contributed by atoms with E-state index >= 15 is 0 Å². The van der Waals surface area contributed by atoms with Gasteiger partial charge in [0.2, 0.25) is 5.78 Å². The number of Topliss-reactive ketones (excluding diaryl/α,β-unsaturated/α-hetero) is 2. The van der Waals surface area contributed by atoms with Crippen LogP contribution < -0.4 is 0 Å². The molecule has 14 saturated carbocycles. The molecule has 14 aliphatic carbocycles. The molecular formula is C103H118F8O24S8. The van der Waals surface area contributed by atoms with Crippen LogP contribution in [0.1, 0.15) is 190 Å². The summed E-state index contributed by atoms with van der Waals surface area (Å²) in [7, 11) is -22.4. The summed E-state index contributed by atoms with van der Waals surface area (Å²) in [5, 5.41) is -11.7. The van der Waals surface area contributed by atoms with Crippen LogP contribution in [0.4, 0.5) is 35.1 Å². The molecule has 0 spiro atoms. The Labute approximate surface area is 839 Å². The average Bonchev–Trinajstić information content (AvgIpc) is 1.56. The first-order valence-electron chi connectivity index (χ1n) is 49.1. The van der Waals surface area contributed by atoms with E-state index in [1.165, 1.54) is 130 Å². The molecule has 6 atom stereocenters. The lowest BCUT2D eigenvalue weighted by Crippen LogP contribution is -2.53. The Bertz CT molecular complexity index is 5910. The first-order valence-corrected chi connectivity index (χ1v) is 61.1. The fourth-order valence-corrected chi connectivity index (χ4v) is 37.2. The maximum atomic E-state index is 13.1. The zero-order valence-corrected chi connectivity index (χ0v) is 85.3. The number of esters is 5. The van der Waals surface area contributed by atoms with Gasteiger partial charge < -0.3 is 41.9 Å². The fraction of sp³-hybridized carbons (Fsp3) is 0.583. The van der Waals surface area contributed by atoms with Gasteiger partial charge in [-0.1, -0.05) is 121 Å². The highest BCUT2D eigenvalue weighted by molar-refractivity contribution is 7.98. The molecule has 6 unspecified atom stereocenters. The second kappa shape index (κ2) is 43.6. The van der Waals surface area contributed by atoms with Crippen LogP contribution in [0.3, 0.4) is 0 Å². The predicted molar refractivity (Wildman–Crippen MR) is 521 cm³/mol. The predicted octanol–water partition coefficient (Wildman–Crippen LogP) is 17.9. The SMILES string of the molecule is O=C(C[S+]1CCCC1)c1ccccc1.O=C(OCC12CC3CC(CC(C3)C1)C2)C(F)(F)S(=O)(=O)[O-].O=C(OCC12CC3CC(CC(C3)C1)C2)C(F)(F)S(=O)(=O)[O-].O=C1C2CC3CC1CC(COC(=O)C(F)(F)S(=O)(=O)[O-])(C3)C2.O=C1OC2(OC(=O)C(F)(F)S(=O)(=O)[O-])CC3CC1C2C3.c1ccc2c([S+]3CCCC3)cccc2c1.c1ccc2c([S+]3CCCC3)cccc2c1.c1ccc2c([S+]3CCCC3)cccc2c1. The first kappa shape index (κ1) is 108. The van der Waals surface area contributed by atoms with Crippen molar-refractivity contribution in [1.82, 2.24) is 0 Å². The Morgan fingerprint density at radius 1 is 0.343 bits per heavy atom. The van der Waals surface area contributed by atoms with Crippen LogP contribution in [0.5, 0.6) is 0 Å². The van der Waals surface area contributed by atoms with E-state index < -0.39 is 114 Å². The number of fused-ring (bicyclic) bond motifs is 4. The topological polar surface area (TPSA) is 394 Å². The van der Waals surface area contributed by atoms with E-state index in [-0.39, 0.29) is 60.6 Å². The van der Waals surface area contributed by atoms with E-state index in [9.17, 15) is 121 Å². The molecule has 7 aromatic rings. The molecule has 14 bridgehead atoms. The minimum Gasteiger partial charge on any atom is -0.743 e. The van der Waals surface area contributed by atoms with Crippen molar-refractivity contribution in [2.24, 2.45) is 87.3 Å². The van der Waals surface area contributed by atoms with Gasteiger partial charge in [0.15, 0.2) is 60.9 Å². The summed E-state index contributed by atoms with van der Waals surface area (Å²) < 4.78 is 253. The second-order valence-electron chi connectivity index (χ2n) is 42.0. The molecule has 0 aromatic heterocycles. The largest absolute Gasteiger partial charge is 0.743 e. The van der Waals surface area contributed by atoms with Crippen LogP contribution in [-0.2, 0) is 137 Å². The van der Waals surface area contributed by atoms with Crippen LogP contribution in [0.25, 0.3) is 32.3 Å². The summed E-state index contributed by atoms with van der Waals surface area (Å²) in [5.74, 6) is 2.89. The Morgan fingerprint density at radius 3 is 0.958 bits per heavy atom. The third-order valence-electron chi connectivity index (χ3n) is 31.6. The van der Waals surface area contributed by atoms with Crippen LogP contribution in [0.15, 0.2) is 172 Å². The van der Waals surface area contributed by atoms with Crippen molar-refractivity contribution in [1.29, 1.82) is 0 Å². The number of ether oxygens (including phenoxy) is 5. The summed E-state index contributed by atoms with van der Waals surface area (Å²) in [6.45, 7) is -0.783. The van der Waals surface area contributed by atoms with E-state index in [0.29, 0.717) is 123 Å². The number of carbonyl (C=O) groups excluding carboxylic acids is 7. The van der Waals surface area contributed by atoms with Crippen LogP contribution in [0, 0.1) is 87.3 Å². The monoisotopic (exact) mass is 2150 g/mol. The highest BCUT2D eigenvalue weighted by atomic mass is 32.2. The van der Waals surface area contributed by atoms with Crippen LogP contribution in [0.2, 0.25) is 0 Å². The first-order chi connectivity index (χ1) is 67.5. The average molecular weight is 2150 g/mol. The maximum Gasteiger partial charge on any atom is 0.429 e. The highest BCUT2D eigenvalue weighted by Gasteiger charge is 2.70. The van der Waals surface area contributed by atoms with Crippen molar-refractivity contribution >= 4 is 158 Å². The van der Waals surface area contributed by atoms with E-state index in [1.54, 1.807) is 14.7 Å². The molecule has 19 aliphatic rings. The number of carbonyl (C=O) groups is 7. The van der Waals surface area contributed by atoms with Gasteiger partial charge in [0.05, 0.1) is 31.7 Å². The van der Waals surface area contributed by atoms with Crippen molar-refractivity contribution in [2.75, 3.05) is 71.6 Å². The van der Waals surface area contributed by atoms with Crippen molar-refractivity contribution < 1.29 is 144 Å². The molecule has 5 heterocycles. The molecule has 0 amide bonds. The Hall–Kier alpha value is -7.51. The minimum absolute atomic E-state index is 0.00160. The van der Waals surface area contributed by atoms with Crippen molar-refractivity contribution in [3.63, 3.8) is 0 Å². The molecule has 40 heteroatoms. The lowest BCUT2D eigenvalue weighted by atomic mass is 9.49. The van der Waals surface area contributed by atoms with Crippen LogP contribution >= 0.6 is 0 Å².